The predicted molar refractivity (Wildman–Crippen MR) is 117 cm³/mol. The Morgan fingerprint density at radius 2 is 1.52 bits per heavy atom. The van der Waals surface area contributed by atoms with Crippen LogP contribution in [-0.4, -0.2) is 24.2 Å². The minimum absolute atomic E-state index is 0. The van der Waals surface area contributed by atoms with Crippen molar-refractivity contribution in [3.8, 4) is 0 Å². The van der Waals surface area contributed by atoms with E-state index in [1.807, 2.05) is 24.3 Å². The van der Waals surface area contributed by atoms with Gasteiger partial charge in [-0.15, -0.1) is 12.4 Å². The van der Waals surface area contributed by atoms with E-state index in [0.29, 0.717) is 5.92 Å². The van der Waals surface area contributed by atoms with Crippen LogP contribution >= 0.6 is 12.4 Å². The van der Waals surface area contributed by atoms with Gasteiger partial charge in [-0.3, -0.25) is 4.79 Å². The maximum atomic E-state index is 13.1. The van der Waals surface area contributed by atoms with Gasteiger partial charge in [0.25, 0.3) is 0 Å². The van der Waals surface area contributed by atoms with Crippen molar-refractivity contribution in [2.45, 2.75) is 56.3 Å². The molecule has 156 valence electrons. The topological polar surface area (TPSA) is 40.5 Å². The number of aliphatic carboxylic acids is 1. The van der Waals surface area contributed by atoms with E-state index in [2.05, 4.69) is 17.0 Å². The highest BCUT2D eigenvalue weighted by Gasteiger charge is 2.41. The molecule has 1 saturated heterocycles. The van der Waals surface area contributed by atoms with Gasteiger partial charge in [0.15, 0.2) is 0 Å². The molecule has 2 aromatic carbocycles. The summed E-state index contributed by atoms with van der Waals surface area (Å²) >= 11 is 0. The smallest absolute Gasteiger partial charge is 0.314 e. The van der Waals surface area contributed by atoms with Crippen LogP contribution in [0.3, 0.4) is 0 Å². The van der Waals surface area contributed by atoms with Crippen molar-refractivity contribution in [2.75, 3.05) is 18.0 Å². The van der Waals surface area contributed by atoms with Crippen LogP contribution in [0.4, 0.5) is 10.1 Å². The third-order valence-corrected chi connectivity index (χ3v) is 6.74. The molecule has 1 saturated carbocycles. The molecule has 5 heteroatoms. The molecule has 0 spiro atoms. The van der Waals surface area contributed by atoms with Gasteiger partial charge in [-0.05, 0) is 67.0 Å². The molecule has 1 aliphatic heterocycles. The van der Waals surface area contributed by atoms with Gasteiger partial charge in [-0.2, -0.15) is 0 Å². The minimum Gasteiger partial charge on any atom is -0.481 e. The monoisotopic (exact) mass is 417 g/mol. The fraction of sp³-hybridized carbons (Fsp3) is 0.458. The van der Waals surface area contributed by atoms with Gasteiger partial charge < -0.3 is 10.0 Å². The summed E-state index contributed by atoms with van der Waals surface area (Å²) < 4.78 is 13.1. The van der Waals surface area contributed by atoms with E-state index in [1.54, 1.807) is 12.1 Å². The zero-order chi connectivity index (χ0) is 19.6. The molecule has 2 aliphatic rings. The summed E-state index contributed by atoms with van der Waals surface area (Å²) in [5.74, 6) is -0.382. The summed E-state index contributed by atoms with van der Waals surface area (Å²) in [5, 5.41) is 9.88. The number of rotatable bonds is 4. The summed E-state index contributed by atoms with van der Waals surface area (Å²) in [4.78, 5) is 14.4. The number of carboxylic acid groups (broad SMARTS) is 1. The van der Waals surface area contributed by atoms with Crippen LogP contribution in [0.2, 0.25) is 0 Å². The molecule has 2 fully saturated rings. The highest BCUT2D eigenvalue weighted by atomic mass is 35.5. The third-order valence-electron chi connectivity index (χ3n) is 6.74. The van der Waals surface area contributed by atoms with E-state index in [0.717, 1.165) is 69.3 Å². The number of carbonyl (C=O) groups is 1. The lowest BCUT2D eigenvalue weighted by Crippen LogP contribution is -2.38. The zero-order valence-electron chi connectivity index (χ0n) is 16.6. The molecule has 3 nitrogen and oxygen atoms in total. The van der Waals surface area contributed by atoms with Crippen LogP contribution in [0.5, 0.6) is 0 Å². The normalized spacial score (nSPS) is 19.4. The summed E-state index contributed by atoms with van der Waals surface area (Å²) in [7, 11) is 0. The average Bonchev–Trinajstić information content (AvgIpc) is 2.75. The lowest BCUT2D eigenvalue weighted by atomic mass is 9.69. The first kappa shape index (κ1) is 21.6. The van der Waals surface area contributed by atoms with Crippen LogP contribution in [0.25, 0.3) is 0 Å². The SMILES string of the molecule is Cl.O=C(O)C1(c2ccc(N3CCC(c4ccc(F)cc4)CC3)cc2)CCCCC1. The molecule has 0 unspecified atom stereocenters. The largest absolute Gasteiger partial charge is 0.481 e. The molecule has 1 N–H and O–H groups in total. The van der Waals surface area contributed by atoms with Gasteiger partial charge >= 0.3 is 5.97 Å². The van der Waals surface area contributed by atoms with Crippen LogP contribution in [0.15, 0.2) is 48.5 Å². The van der Waals surface area contributed by atoms with Crippen molar-refractivity contribution < 1.29 is 14.3 Å². The van der Waals surface area contributed by atoms with Crippen LogP contribution < -0.4 is 4.90 Å². The number of piperidine rings is 1. The van der Waals surface area contributed by atoms with E-state index in [9.17, 15) is 14.3 Å². The van der Waals surface area contributed by atoms with E-state index < -0.39 is 11.4 Å². The molecular weight excluding hydrogens is 389 g/mol. The standard InChI is InChI=1S/C24H28FNO2.ClH/c25-21-8-4-18(5-9-21)19-12-16-26(17-13-19)22-10-6-20(7-11-22)24(23(27)28)14-2-1-3-15-24;/h4-11,19H,1-3,12-17H2,(H,27,28);1H. The maximum Gasteiger partial charge on any atom is 0.314 e. The summed E-state index contributed by atoms with van der Waals surface area (Å²) in [5.41, 5.74) is 2.63. The predicted octanol–water partition coefficient (Wildman–Crippen LogP) is 5.92. The number of benzene rings is 2. The first-order valence-corrected chi connectivity index (χ1v) is 10.4. The Labute approximate surface area is 178 Å². The first-order valence-electron chi connectivity index (χ1n) is 10.4. The van der Waals surface area contributed by atoms with Crippen molar-refractivity contribution >= 4 is 24.1 Å². The Balaban J connectivity index is 0.00000240. The van der Waals surface area contributed by atoms with Gasteiger partial charge in [0.1, 0.15) is 5.82 Å². The highest BCUT2D eigenvalue weighted by molar-refractivity contribution is 5.85. The van der Waals surface area contributed by atoms with E-state index in [-0.39, 0.29) is 18.2 Å². The molecule has 29 heavy (non-hydrogen) atoms. The average molecular weight is 418 g/mol. The minimum atomic E-state index is -0.702. The van der Waals surface area contributed by atoms with Crippen molar-refractivity contribution in [2.24, 2.45) is 0 Å². The fourth-order valence-electron chi connectivity index (χ4n) is 4.98. The Kier molecular flexibility index (Phi) is 6.84. The van der Waals surface area contributed by atoms with Crippen LogP contribution in [0, 0.1) is 5.82 Å². The van der Waals surface area contributed by atoms with Crippen molar-refractivity contribution in [3.63, 3.8) is 0 Å². The number of carboxylic acids is 1. The molecule has 1 heterocycles. The number of nitrogens with zero attached hydrogens (tertiary/aromatic N) is 1. The lowest BCUT2D eigenvalue weighted by molar-refractivity contribution is -0.145. The summed E-state index contributed by atoms with van der Waals surface area (Å²) in [6.07, 6.45) is 6.69. The van der Waals surface area contributed by atoms with E-state index in [1.165, 1.54) is 5.56 Å². The molecule has 0 radical (unpaired) electrons. The molecule has 0 atom stereocenters. The van der Waals surface area contributed by atoms with Crippen molar-refractivity contribution in [1.29, 1.82) is 0 Å². The Bertz CT molecular complexity index is 808. The molecule has 0 amide bonds. The second kappa shape index (κ2) is 9.17. The van der Waals surface area contributed by atoms with Crippen molar-refractivity contribution in [3.05, 3.63) is 65.5 Å². The highest BCUT2D eigenvalue weighted by Crippen LogP contribution is 2.40. The van der Waals surface area contributed by atoms with Gasteiger partial charge in [-0.25, -0.2) is 4.39 Å². The Morgan fingerprint density at radius 3 is 2.07 bits per heavy atom. The van der Waals surface area contributed by atoms with Gasteiger partial charge in [0.2, 0.25) is 0 Å². The number of hydrogen-bond acceptors (Lipinski definition) is 2. The fourth-order valence-corrected chi connectivity index (χ4v) is 4.98. The van der Waals surface area contributed by atoms with Gasteiger partial charge in [-0.1, -0.05) is 43.5 Å². The van der Waals surface area contributed by atoms with E-state index >= 15 is 0 Å². The van der Waals surface area contributed by atoms with E-state index in [4.69, 9.17) is 0 Å². The quantitative estimate of drug-likeness (QED) is 0.671. The van der Waals surface area contributed by atoms with Gasteiger partial charge in [0.05, 0.1) is 5.41 Å². The Morgan fingerprint density at radius 1 is 0.931 bits per heavy atom. The molecule has 2 aromatic rings. The van der Waals surface area contributed by atoms with Crippen LogP contribution in [0.1, 0.15) is 62.0 Å². The van der Waals surface area contributed by atoms with Crippen LogP contribution in [-0.2, 0) is 10.2 Å². The number of hydrogen-bond donors (Lipinski definition) is 1. The zero-order valence-corrected chi connectivity index (χ0v) is 17.5. The second-order valence-electron chi connectivity index (χ2n) is 8.31. The molecule has 0 bridgehead atoms. The van der Waals surface area contributed by atoms with Gasteiger partial charge in [0, 0.05) is 18.8 Å². The number of halogens is 2. The molecular formula is C24H29ClFNO2. The summed E-state index contributed by atoms with van der Waals surface area (Å²) in [6, 6.07) is 15.1. The molecule has 1 aliphatic carbocycles. The first-order chi connectivity index (χ1) is 13.6. The van der Waals surface area contributed by atoms with Crippen molar-refractivity contribution in [1.82, 2.24) is 0 Å². The molecule has 0 aromatic heterocycles. The molecule has 4 rings (SSSR count). The maximum absolute atomic E-state index is 13.1. The lowest BCUT2D eigenvalue weighted by Gasteiger charge is -2.36. The number of anilines is 1. The Hall–Kier alpha value is -2.07. The second-order valence-corrected chi connectivity index (χ2v) is 8.31. The third kappa shape index (κ3) is 4.42. The summed E-state index contributed by atoms with van der Waals surface area (Å²) in [6.45, 7) is 1.93.